The monoisotopic (exact) mass is 277 g/mol. The molecule has 2 aromatic rings. The number of para-hydroxylation sites is 1. The van der Waals surface area contributed by atoms with E-state index in [9.17, 15) is 10.2 Å². The zero-order chi connectivity index (χ0) is 13.8. The second-order valence-electron chi connectivity index (χ2n) is 3.79. The van der Waals surface area contributed by atoms with Gasteiger partial charge in [0.15, 0.2) is 11.5 Å². The molecule has 5 heteroatoms. The standard InChI is InChI=1S/C14H12ClNO3/c1-19-13-6-5-10(15)7-11(13)16-8-9-3-2-4-12(17)14(9)18/h2-8,17-18H,1H3. The minimum absolute atomic E-state index is 0.193. The molecule has 19 heavy (non-hydrogen) atoms. The summed E-state index contributed by atoms with van der Waals surface area (Å²) >= 11 is 5.89. The van der Waals surface area contributed by atoms with E-state index in [1.807, 2.05) is 0 Å². The van der Waals surface area contributed by atoms with Crippen LogP contribution in [-0.4, -0.2) is 23.5 Å². The molecule has 0 aliphatic heterocycles. The van der Waals surface area contributed by atoms with Gasteiger partial charge < -0.3 is 14.9 Å². The fraction of sp³-hybridized carbons (Fsp3) is 0.0714. The zero-order valence-corrected chi connectivity index (χ0v) is 10.9. The first kappa shape index (κ1) is 13.2. The van der Waals surface area contributed by atoms with Crippen LogP contribution in [0, 0.1) is 0 Å². The SMILES string of the molecule is COc1ccc(Cl)cc1N=Cc1cccc(O)c1O. The van der Waals surface area contributed by atoms with E-state index in [1.54, 1.807) is 30.3 Å². The molecule has 0 amide bonds. The summed E-state index contributed by atoms with van der Waals surface area (Å²) in [5, 5.41) is 19.6. The molecule has 2 N–H and O–H groups in total. The van der Waals surface area contributed by atoms with E-state index in [1.165, 1.54) is 19.4 Å². The summed E-state index contributed by atoms with van der Waals surface area (Å²) in [4.78, 5) is 4.20. The van der Waals surface area contributed by atoms with Gasteiger partial charge in [-0.05, 0) is 30.3 Å². The van der Waals surface area contributed by atoms with Gasteiger partial charge in [-0.3, -0.25) is 4.99 Å². The van der Waals surface area contributed by atoms with Crippen LogP contribution < -0.4 is 4.74 Å². The van der Waals surface area contributed by atoms with Crippen molar-refractivity contribution in [1.29, 1.82) is 0 Å². The summed E-state index contributed by atoms with van der Waals surface area (Å²) in [5.41, 5.74) is 0.944. The fourth-order valence-corrected chi connectivity index (χ4v) is 1.72. The number of phenols is 2. The van der Waals surface area contributed by atoms with Crippen molar-refractivity contribution in [2.45, 2.75) is 0 Å². The second-order valence-corrected chi connectivity index (χ2v) is 4.23. The average molecular weight is 278 g/mol. The lowest BCUT2D eigenvalue weighted by molar-refractivity contribution is 0.403. The summed E-state index contributed by atoms with van der Waals surface area (Å²) < 4.78 is 5.16. The van der Waals surface area contributed by atoms with Crippen LogP contribution in [0.1, 0.15) is 5.56 Å². The highest BCUT2D eigenvalue weighted by Gasteiger charge is 2.05. The third-order valence-electron chi connectivity index (χ3n) is 2.53. The van der Waals surface area contributed by atoms with Crippen LogP contribution in [-0.2, 0) is 0 Å². The van der Waals surface area contributed by atoms with Crippen LogP contribution in [0.3, 0.4) is 0 Å². The molecule has 4 nitrogen and oxygen atoms in total. The van der Waals surface area contributed by atoms with Crippen molar-refractivity contribution in [2.24, 2.45) is 4.99 Å². The molecule has 0 heterocycles. The van der Waals surface area contributed by atoms with Crippen LogP contribution in [0.5, 0.6) is 17.2 Å². The third kappa shape index (κ3) is 2.98. The molecule has 0 unspecified atom stereocenters. The van der Waals surface area contributed by atoms with E-state index < -0.39 is 0 Å². The van der Waals surface area contributed by atoms with E-state index in [4.69, 9.17) is 16.3 Å². The quantitative estimate of drug-likeness (QED) is 0.667. The van der Waals surface area contributed by atoms with Gasteiger partial charge in [0.25, 0.3) is 0 Å². The predicted octanol–water partition coefficient (Wildman–Crippen LogP) is 3.51. The Morgan fingerprint density at radius 1 is 1.21 bits per heavy atom. The first-order valence-electron chi connectivity index (χ1n) is 5.50. The lowest BCUT2D eigenvalue weighted by Crippen LogP contribution is -1.85. The van der Waals surface area contributed by atoms with E-state index >= 15 is 0 Å². The highest BCUT2D eigenvalue weighted by atomic mass is 35.5. The van der Waals surface area contributed by atoms with Crippen LogP contribution in [0.4, 0.5) is 5.69 Å². The molecule has 0 radical (unpaired) electrons. The van der Waals surface area contributed by atoms with Gasteiger partial charge in [0.05, 0.1) is 7.11 Å². The molecule has 0 aliphatic carbocycles. The number of benzene rings is 2. The molecule has 98 valence electrons. The topological polar surface area (TPSA) is 62.0 Å². The van der Waals surface area contributed by atoms with E-state index in [2.05, 4.69) is 4.99 Å². The van der Waals surface area contributed by atoms with Gasteiger partial charge in [0.2, 0.25) is 0 Å². The molecule has 0 aromatic heterocycles. The molecule has 0 bridgehead atoms. The van der Waals surface area contributed by atoms with Gasteiger partial charge in [-0.1, -0.05) is 17.7 Å². The normalized spacial score (nSPS) is 10.8. The fourth-order valence-electron chi connectivity index (χ4n) is 1.56. The van der Waals surface area contributed by atoms with Gasteiger partial charge in [-0.15, -0.1) is 0 Å². The van der Waals surface area contributed by atoms with E-state index in [0.717, 1.165) is 0 Å². The summed E-state index contributed by atoms with van der Waals surface area (Å²) in [5.74, 6) is 0.162. The van der Waals surface area contributed by atoms with Crippen molar-refractivity contribution in [3.05, 3.63) is 47.0 Å². The molecule has 0 spiro atoms. The smallest absolute Gasteiger partial charge is 0.166 e. The highest BCUT2D eigenvalue weighted by molar-refractivity contribution is 6.30. The largest absolute Gasteiger partial charge is 0.504 e. The first-order chi connectivity index (χ1) is 9.11. The van der Waals surface area contributed by atoms with E-state index in [-0.39, 0.29) is 11.5 Å². The Kier molecular flexibility index (Phi) is 3.92. The summed E-state index contributed by atoms with van der Waals surface area (Å²) in [6.07, 6.45) is 1.43. The van der Waals surface area contributed by atoms with Crippen LogP contribution in [0.2, 0.25) is 5.02 Å². The number of phenolic OH excluding ortho intramolecular Hbond substituents is 2. The number of hydrogen-bond acceptors (Lipinski definition) is 4. The van der Waals surface area contributed by atoms with Crippen molar-refractivity contribution < 1.29 is 14.9 Å². The average Bonchev–Trinajstić information content (AvgIpc) is 2.40. The summed E-state index contributed by atoms with van der Waals surface area (Å²) in [6.45, 7) is 0. The number of rotatable bonds is 3. The van der Waals surface area contributed by atoms with E-state index in [0.29, 0.717) is 22.0 Å². The Morgan fingerprint density at radius 2 is 2.00 bits per heavy atom. The zero-order valence-electron chi connectivity index (χ0n) is 10.2. The molecule has 2 rings (SSSR count). The van der Waals surface area contributed by atoms with Gasteiger partial charge >= 0.3 is 0 Å². The molecular formula is C14H12ClNO3. The number of methoxy groups -OCH3 is 1. The van der Waals surface area contributed by atoms with Crippen LogP contribution in [0.25, 0.3) is 0 Å². The second kappa shape index (κ2) is 5.63. The van der Waals surface area contributed by atoms with Crippen LogP contribution >= 0.6 is 11.6 Å². The minimum Gasteiger partial charge on any atom is -0.504 e. The number of aliphatic imine (C=N–C) groups is 1. The Morgan fingerprint density at radius 3 is 2.74 bits per heavy atom. The number of aromatic hydroxyl groups is 2. The van der Waals surface area contributed by atoms with Gasteiger partial charge in [0.1, 0.15) is 11.4 Å². The van der Waals surface area contributed by atoms with Crippen molar-refractivity contribution in [1.82, 2.24) is 0 Å². The maximum absolute atomic E-state index is 9.66. The third-order valence-corrected chi connectivity index (χ3v) is 2.76. The molecule has 0 saturated carbocycles. The Bertz CT molecular complexity index is 626. The van der Waals surface area contributed by atoms with Gasteiger partial charge in [-0.2, -0.15) is 0 Å². The van der Waals surface area contributed by atoms with Crippen LogP contribution in [0.15, 0.2) is 41.4 Å². The Labute approximate surface area is 115 Å². The highest BCUT2D eigenvalue weighted by Crippen LogP contribution is 2.31. The molecule has 0 atom stereocenters. The molecular weight excluding hydrogens is 266 g/mol. The number of ether oxygens (including phenoxy) is 1. The lowest BCUT2D eigenvalue weighted by atomic mass is 10.2. The van der Waals surface area contributed by atoms with Crippen molar-refractivity contribution in [2.75, 3.05) is 7.11 Å². The maximum atomic E-state index is 9.66. The van der Waals surface area contributed by atoms with Gasteiger partial charge in [-0.25, -0.2) is 0 Å². The van der Waals surface area contributed by atoms with Gasteiger partial charge in [0, 0.05) is 16.8 Å². The predicted molar refractivity (Wildman–Crippen MR) is 75.0 cm³/mol. The number of hydrogen-bond donors (Lipinski definition) is 2. The molecule has 0 saturated heterocycles. The van der Waals surface area contributed by atoms with Crippen molar-refractivity contribution in [3.63, 3.8) is 0 Å². The molecule has 2 aromatic carbocycles. The number of halogens is 1. The first-order valence-corrected chi connectivity index (χ1v) is 5.88. The summed E-state index contributed by atoms with van der Waals surface area (Å²) in [6, 6.07) is 9.70. The molecule has 0 aliphatic rings. The lowest BCUT2D eigenvalue weighted by Gasteiger charge is -2.05. The Hall–Kier alpha value is -2.20. The maximum Gasteiger partial charge on any atom is 0.166 e. The van der Waals surface area contributed by atoms with Crippen molar-refractivity contribution in [3.8, 4) is 17.2 Å². The summed E-state index contributed by atoms with van der Waals surface area (Å²) in [7, 11) is 1.54. The molecule has 0 fully saturated rings. The minimum atomic E-state index is -0.216. The van der Waals surface area contributed by atoms with Crippen molar-refractivity contribution >= 4 is 23.5 Å². The Balaban J connectivity index is 2.37. The number of nitrogens with zero attached hydrogens (tertiary/aromatic N) is 1.